The minimum Gasteiger partial charge on any atom is -0.421 e. The second-order valence-corrected chi connectivity index (χ2v) is 8.14. The molecule has 176 valence electrons. The van der Waals surface area contributed by atoms with E-state index < -0.39 is 5.54 Å². The predicted octanol–water partition coefficient (Wildman–Crippen LogP) is 1.93. The lowest BCUT2D eigenvalue weighted by Crippen LogP contribution is -2.30. The van der Waals surface area contributed by atoms with E-state index >= 15 is 0 Å². The van der Waals surface area contributed by atoms with Gasteiger partial charge in [0.05, 0.1) is 39.4 Å². The van der Waals surface area contributed by atoms with Gasteiger partial charge in [0.25, 0.3) is 0 Å². The first kappa shape index (κ1) is 26.2. The van der Waals surface area contributed by atoms with Gasteiger partial charge in [0.1, 0.15) is 5.69 Å². The first-order chi connectivity index (χ1) is 15.7. The van der Waals surface area contributed by atoms with Crippen LogP contribution in [0.5, 0.6) is 0 Å². The Morgan fingerprint density at radius 3 is 2.52 bits per heavy atom. The van der Waals surface area contributed by atoms with Crippen LogP contribution in [-0.4, -0.2) is 64.3 Å². The highest BCUT2D eigenvalue weighted by Crippen LogP contribution is 2.20. The van der Waals surface area contributed by atoms with Gasteiger partial charge in [-0.3, -0.25) is 4.79 Å². The highest BCUT2D eigenvalue weighted by Gasteiger charge is 2.20. The molecule has 1 atom stereocenters. The Balaban J connectivity index is 0.000000237. The summed E-state index contributed by atoms with van der Waals surface area (Å²) in [6.45, 7) is 8.07. The zero-order chi connectivity index (χ0) is 24.4. The molecule has 10 nitrogen and oxygen atoms in total. The number of benzene rings is 1. The number of aryl methyl sites for hydroxylation is 1. The molecule has 2 aromatic heterocycles. The SMILES string of the molecule is CNC(=O)CCOCc1cn(C(C)(C)CO)nn1.[B]C(C)c1ccc(-c2nnc(C)o2)cc1. The van der Waals surface area contributed by atoms with Crippen LogP contribution in [0.2, 0.25) is 0 Å². The van der Waals surface area contributed by atoms with E-state index in [2.05, 4.69) is 25.8 Å². The molecule has 0 bridgehead atoms. The Morgan fingerprint density at radius 1 is 1.27 bits per heavy atom. The number of ether oxygens (including phenoxy) is 1. The minimum absolute atomic E-state index is 0.0205. The number of carbonyl (C=O) groups excluding carboxylic acids is 1. The van der Waals surface area contributed by atoms with Crippen molar-refractivity contribution in [3.05, 3.63) is 47.6 Å². The molecule has 0 saturated heterocycles. The summed E-state index contributed by atoms with van der Waals surface area (Å²) < 4.78 is 12.2. The van der Waals surface area contributed by atoms with Crippen LogP contribution >= 0.6 is 0 Å². The zero-order valence-corrected chi connectivity index (χ0v) is 19.8. The molecule has 0 aliphatic rings. The van der Waals surface area contributed by atoms with Gasteiger partial charge in [0, 0.05) is 26.0 Å². The van der Waals surface area contributed by atoms with Crippen molar-refractivity contribution < 1.29 is 19.1 Å². The zero-order valence-electron chi connectivity index (χ0n) is 19.8. The van der Waals surface area contributed by atoms with Crippen LogP contribution in [-0.2, 0) is 21.7 Å². The fourth-order valence-corrected chi connectivity index (χ4v) is 2.54. The number of amides is 1. The summed E-state index contributed by atoms with van der Waals surface area (Å²) in [6.07, 6.45) is 2.06. The monoisotopic (exact) mass is 454 g/mol. The van der Waals surface area contributed by atoms with Gasteiger partial charge in [-0.2, -0.15) is 0 Å². The van der Waals surface area contributed by atoms with Gasteiger partial charge in [-0.25, -0.2) is 4.68 Å². The second-order valence-electron chi connectivity index (χ2n) is 8.14. The third kappa shape index (κ3) is 8.10. The Morgan fingerprint density at radius 2 is 1.97 bits per heavy atom. The lowest BCUT2D eigenvalue weighted by atomic mass is 9.83. The van der Waals surface area contributed by atoms with Crippen LogP contribution in [0.1, 0.15) is 50.2 Å². The van der Waals surface area contributed by atoms with E-state index in [9.17, 15) is 9.90 Å². The molecule has 0 fully saturated rings. The number of aliphatic hydroxyl groups is 1. The van der Waals surface area contributed by atoms with E-state index in [-0.39, 0.29) is 18.3 Å². The summed E-state index contributed by atoms with van der Waals surface area (Å²) in [4.78, 5) is 10.9. The van der Waals surface area contributed by atoms with Gasteiger partial charge in [0.2, 0.25) is 17.7 Å². The third-order valence-corrected chi connectivity index (χ3v) is 4.76. The molecular weight excluding hydrogens is 423 g/mol. The highest BCUT2D eigenvalue weighted by molar-refractivity contribution is 6.12. The van der Waals surface area contributed by atoms with Crippen molar-refractivity contribution in [1.29, 1.82) is 0 Å². The molecule has 2 N–H and O–H groups in total. The topological polar surface area (TPSA) is 128 Å². The number of hydrogen-bond donors (Lipinski definition) is 2. The smallest absolute Gasteiger partial charge is 0.247 e. The summed E-state index contributed by atoms with van der Waals surface area (Å²) in [5.74, 6) is 1.11. The molecule has 1 amide bonds. The van der Waals surface area contributed by atoms with E-state index in [1.165, 1.54) is 0 Å². The molecule has 0 aliphatic heterocycles. The van der Waals surface area contributed by atoms with Crippen molar-refractivity contribution >= 4 is 13.8 Å². The summed E-state index contributed by atoms with van der Waals surface area (Å²) in [5, 5.41) is 27.3. The molecular formula is C22H31BN6O4. The van der Waals surface area contributed by atoms with Crippen molar-refractivity contribution in [2.24, 2.45) is 0 Å². The highest BCUT2D eigenvalue weighted by atomic mass is 16.5. The molecule has 3 aromatic rings. The van der Waals surface area contributed by atoms with Crippen molar-refractivity contribution in [1.82, 2.24) is 30.5 Å². The van der Waals surface area contributed by atoms with Crippen LogP contribution in [0.3, 0.4) is 0 Å². The van der Waals surface area contributed by atoms with Gasteiger partial charge in [-0.1, -0.05) is 35.7 Å². The average molecular weight is 454 g/mol. The van der Waals surface area contributed by atoms with E-state index in [0.29, 0.717) is 37.1 Å². The molecule has 0 saturated carbocycles. The van der Waals surface area contributed by atoms with Crippen LogP contribution < -0.4 is 5.32 Å². The Kier molecular flexibility index (Phi) is 9.74. The molecule has 0 spiro atoms. The Labute approximate surface area is 195 Å². The van der Waals surface area contributed by atoms with E-state index in [1.54, 1.807) is 24.9 Å². The number of nitrogens with zero attached hydrogens (tertiary/aromatic N) is 5. The molecule has 11 heteroatoms. The standard InChI is InChI=1S/C11H11BN2O.C11H20N4O3/c1-7(12)9-3-5-10(6-4-9)11-14-13-8(2)15-11;1-11(2,8-16)15-6-9(13-14-15)7-18-5-4-10(17)12-3/h3-7H,1-2H3;6,16H,4-5,7-8H2,1-3H3,(H,12,17). The van der Waals surface area contributed by atoms with E-state index in [1.807, 2.05) is 45.0 Å². The maximum absolute atomic E-state index is 10.9. The fraction of sp³-hybridized carbons (Fsp3) is 0.500. The number of nitrogens with one attached hydrogen (secondary N) is 1. The molecule has 2 radical (unpaired) electrons. The lowest BCUT2D eigenvalue weighted by molar-refractivity contribution is -0.121. The number of hydrogen-bond acceptors (Lipinski definition) is 8. The first-order valence-electron chi connectivity index (χ1n) is 10.6. The minimum atomic E-state index is -0.479. The van der Waals surface area contributed by atoms with E-state index in [0.717, 1.165) is 11.1 Å². The molecule has 0 aliphatic carbocycles. The number of aliphatic hydroxyl groups excluding tert-OH is 1. The molecule has 3 rings (SSSR count). The van der Waals surface area contributed by atoms with Gasteiger partial charge in [-0.15, -0.1) is 15.3 Å². The van der Waals surface area contributed by atoms with Crippen LogP contribution in [0.4, 0.5) is 0 Å². The van der Waals surface area contributed by atoms with Gasteiger partial charge < -0.3 is 19.6 Å². The number of carbonyl (C=O) groups is 1. The maximum atomic E-state index is 10.9. The molecule has 33 heavy (non-hydrogen) atoms. The van der Waals surface area contributed by atoms with Gasteiger partial charge in [-0.05, 0) is 26.0 Å². The first-order valence-corrected chi connectivity index (χ1v) is 10.6. The van der Waals surface area contributed by atoms with Crippen molar-refractivity contribution in [2.45, 2.75) is 52.1 Å². The number of rotatable bonds is 9. The lowest BCUT2D eigenvalue weighted by Gasteiger charge is -2.20. The predicted molar refractivity (Wildman–Crippen MR) is 123 cm³/mol. The third-order valence-electron chi connectivity index (χ3n) is 4.76. The van der Waals surface area contributed by atoms with E-state index in [4.69, 9.17) is 17.0 Å². The van der Waals surface area contributed by atoms with Crippen molar-refractivity contribution in [2.75, 3.05) is 20.3 Å². The normalized spacial score (nSPS) is 12.1. The summed E-state index contributed by atoms with van der Waals surface area (Å²) in [5.41, 5.74) is 2.20. The quantitative estimate of drug-likeness (QED) is 0.371. The van der Waals surface area contributed by atoms with Gasteiger partial charge in [0.15, 0.2) is 0 Å². The summed E-state index contributed by atoms with van der Waals surface area (Å²) in [7, 11) is 7.34. The van der Waals surface area contributed by atoms with Crippen LogP contribution in [0, 0.1) is 6.92 Å². The molecule has 1 unspecified atom stereocenters. The van der Waals surface area contributed by atoms with Crippen molar-refractivity contribution in [3.8, 4) is 11.5 Å². The van der Waals surface area contributed by atoms with Crippen LogP contribution in [0.25, 0.3) is 11.5 Å². The number of aromatic nitrogens is 5. The van der Waals surface area contributed by atoms with Gasteiger partial charge >= 0.3 is 0 Å². The average Bonchev–Trinajstić information content (AvgIpc) is 3.46. The largest absolute Gasteiger partial charge is 0.421 e. The maximum Gasteiger partial charge on any atom is 0.247 e. The summed E-state index contributed by atoms with van der Waals surface area (Å²) in [6, 6.07) is 7.82. The fourth-order valence-electron chi connectivity index (χ4n) is 2.54. The van der Waals surface area contributed by atoms with Crippen LogP contribution in [0.15, 0.2) is 34.9 Å². The Bertz CT molecular complexity index is 1000. The molecule has 2 heterocycles. The Hall–Kier alpha value is -3.05. The van der Waals surface area contributed by atoms with Crippen molar-refractivity contribution in [3.63, 3.8) is 0 Å². The second kappa shape index (κ2) is 12.3. The summed E-state index contributed by atoms with van der Waals surface area (Å²) >= 11 is 0. The molecule has 1 aromatic carbocycles.